The molecule has 5 nitrogen and oxygen atoms in total. The first-order valence-corrected chi connectivity index (χ1v) is 9.10. The van der Waals surface area contributed by atoms with Gasteiger partial charge in [0.15, 0.2) is 5.11 Å². The van der Waals surface area contributed by atoms with Crippen LogP contribution in [0.15, 0.2) is 54.6 Å². The Hall–Kier alpha value is -2.70. The molecule has 0 spiro atoms. The van der Waals surface area contributed by atoms with E-state index in [0.29, 0.717) is 17.9 Å². The quantitative estimate of drug-likeness (QED) is 0.511. The normalized spacial score (nSPS) is 10.4. The van der Waals surface area contributed by atoms with Crippen LogP contribution in [0.25, 0.3) is 6.08 Å². The smallest absolute Gasteiger partial charge is 0.250 e. The standard InChI is InChI=1S/C20H20ClN3O2S/c1-22-18(25)12-8-14-6-10-16(11-7-14)23-20(27)24-19(26)13-9-15-4-2-3-5-17(15)21/h2-7,9-11,13H,8,12H2,1H3,(H,22,25)(H2,23,24,26,27)/b13-9+. The third kappa shape index (κ3) is 7.21. The van der Waals surface area contributed by atoms with E-state index in [4.69, 9.17) is 23.8 Å². The average Bonchev–Trinajstić information content (AvgIpc) is 2.66. The van der Waals surface area contributed by atoms with Gasteiger partial charge in [0.2, 0.25) is 11.8 Å². The van der Waals surface area contributed by atoms with Crippen LogP contribution in [0.1, 0.15) is 17.5 Å². The van der Waals surface area contributed by atoms with Crippen LogP contribution >= 0.6 is 23.8 Å². The molecule has 0 bridgehead atoms. The number of rotatable bonds is 6. The van der Waals surface area contributed by atoms with Crippen molar-refractivity contribution in [3.8, 4) is 0 Å². The summed E-state index contributed by atoms with van der Waals surface area (Å²) >= 11 is 11.2. The Morgan fingerprint density at radius 3 is 2.48 bits per heavy atom. The molecule has 0 saturated carbocycles. The number of hydrogen-bond donors (Lipinski definition) is 3. The molecular formula is C20H20ClN3O2S. The van der Waals surface area contributed by atoms with Crippen LogP contribution in [0.2, 0.25) is 5.02 Å². The summed E-state index contributed by atoms with van der Waals surface area (Å²) in [7, 11) is 1.62. The minimum Gasteiger partial charge on any atom is -0.359 e. The van der Waals surface area contributed by atoms with Crippen LogP contribution in [0.5, 0.6) is 0 Å². The monoisotopic (exact) mass is 401 g/mol. The van der Waals surface area contributed by atoms with Gasteiger partial charge in [-0.15, -0.1) is 0 Å². The first-order valence-electron chi connectivity index (χ1n) is 8.32. The Balaban J connectivity index is 1.83. The molecule has 0 fully saturated rings. The predicted octanol–water partition coefficient (Wildman–Crippen LogP) is 3.55. The summed E-state index contributed by atoms with van der Waals surface area (Å²) in [6, 6.07) is 14.7. The molecule has 2 amide bonds. The van der Waals surface area contributed by atoms with Crippen LogP contribution in [0.3, 0.4) is 0 Å². The van der Waals surface area contributed by atoms with Gasteiger partial charge in [0.05, 0.1) is 0 Å². The molecule has 2 aromatic carbocycles. The van der Waals surface area contributed by atoms with E-state index in [1.807, 2.05) is 42.5 Å². The van der Waals surface area contributed by atoms with E-state index in [1.165, 1.54) is 6.08 Å². The van der Waals surface area contributed by atoms with Gasteiger partial charge in [0, 0.05) is 30.3 Å². The minimum atomic E-state index is -0.352. The van der Waals surface area contributed by atoms with Crippen LogP contribution in [-0.2, 0) is 16.0 Å². The lowest BCUT2D eigenvalue weighted by molar-refractivity contribution is -0.120. The summed E-state index contributed by atoms with van der Waals surface area (Å²) < 4.78 is 0. The third-order valence-electron chi connectivity index (χ3n) is 3.69. The Morgan fingerprint density at radius 2 is 1.81 bits per heavy atom. The Bertz CT molecular complexity index is 851. The molecule has 140 valence electrons. The van der Waals surface area contributed by atoms with Crippen LogP contribution in [0, 0.1) is 0 Å². The molecule has 0 aromatic heterocycles. The lowest BCUT2D eigenvalue weighted by Crippen LogP contribution is -2.32. The Kier molecular flexibility index (Phi) is 7.98. The maximum atomic E-state index is 12.0. The first-order chi connectivity index (χ1) is 13.0. The van der Waals surface area contributed by atoms with Crippen molar-refractivity contribution in [2.24, 2.45) is 0 Å². The zero-order valence-corrected chi connectivity index (χ0v) is 16.4. The molecule has 0 heterocycles. The number of halogens is 1. The molecular weight excluding hydrogens is 382 g/mol. The van der Waals surface area contributed by atoms with Crippen molar-refractivity contribution >= 4 is 52.5 Å². The number of thiocarbonyl (C=S) groups is 1. The van der Waals surface area contributed by atoms with Crippen molar-refractivity contribution in [2.75, 3.05) is 12.4 Å². The van der Waals surface area contributed by atoms with Crippen molar-refractivity contribution in [1.29, 1.82) is 0 Å². The summed E-state index contributed by atoms with van der Waals surface area (Å²) in [6.45, 7) is 0. The van der Waals surface area contributed by atoms with E-state index in [1.54, 1.807) is 19.2 Å². The SMILES string of the molecule is CNC(=O)CCc1ccc(NC(=S)NC(=O)/C=C/c2ccccc2Cl)cc1. The number of nitrogens with one attached hydrogen (secondary N) is 3. The van der Waals surface area contributed by atoms with Crippen molar-refractivity contribution in [3.63, 3.8) is 0 Å². The third-order valence-corrected chi connectivity index (χ3v) is 4.24. The number of aryl methyl sites for hydroxylation is 1. The van der Waals surface area contributed by atoms with Crippen molar-refractivity contribution in [3.05, 3.63) is 70.8 Å². The molecule has 7 heteroatoms. The number of carbonyl (C=O) groups is 2. The molecule has 0 unspecified atom stereocenters. The zero-order chi connectivity index (χ0) is 19.6. The second-order valence-electron chi connectivity index (χ2n) is 5.67. The second-order valence-corrected chi connectivity index (χ2v) is 6.48. The van der Waals surface area contributed by atoms with Crippen molar-refractivity contribution < 1.29 is 9.59 Å². The van der Waals surface area contributed by atoms with Gasteiger partial charge < -0.3 is 10.6 Å². The molecule has 2 aromatic rings. The highest BCUT2D eigenvalue weighted by molar-refractivity contribution is 7.80. The maximum Gasteiger partial charge on any atom is 0.250 e. The van der Waals surface area contributed by atoms with Gasteiger partial charge in [0.25, 0.3) is 0 Å². The lowest BCUT2D eigenvalue weighted by atomic mass is 10.1. The highest BCUT2D eigenvalue weighted by Gasteiger charge is 2.04. The van der Waals surface area contributed by atoms with E-state index in [-0.39, 0.29) is 16.9 Å². The molecule has 3 N–H and O–H groups in total. The highest BCUT2D eigenvalue weighted by Crippen LogP contribution is 2.16. The maximum absolute atomic E-state index is 12.0. The Labute approximate surface area is 168 Å². The molecule has 0 aliphatic rings. The van der Waals surface area contributed by atoms with Gasteiger partial charge in [0.1, 0.15) is 0 Å². The second kappa shape index (κ2) is 10.4. The summed E-state index contributed by atoms with van der Waals surface area (Å²) in [6.07, 6.45) is 4.10. The van der Waals surface area contributed by atoms with Gasteiger partial charge in [-0.25, -0.2) is 0 Å². The van der Waals surface area contributed by atoms with Crippen LogP contribution < -0.4 is 16.0 Å². The van der Waals surface area contributed by atoms with E-state index < -0.39 is 0 Å². The lowest BCUT2D eigenvalue weighted by Gasteiger charge is -2.09. The highest BCUT2D eigenvalue weighted by atomic mass is 35.5. The number of hydrogen-bond acceptors (Lipinski definition) is 3. The van der Waals surface area contributed by atoms with Gasteiger partial charge in [-0.1, -0.05) is 41.9 Å². The topological polar surface area (TPSA) is 70.2 Å². The number of anilines is 1. The van der Waals surface area contributed by atoms with Crippen LogP contribution in [0.4, 0.5) is 5.69 Å². The van der Waals surface area contributed by atoms with Crippen molar-refractivity contribution in [1.82, 2.24) is 10.6 Å². The van der Waals surface area contributed by atoms with E-state index in [0.717, 1.165) is 16.8 Å². The summed E-state index contributed by atoms with van der Waals surface area (Å²) in [5.74, 6) is -0.347. The molecule has 0 atom stereocenters. The first kappa shape index (κ1) is 20.6. The van der Waals surface area contributed by atoms with Gasteiger partial charge in [-0.3, -0.25) is 14.9 Å². The van der Waals surface area contributed by atoms with E-state index >= 15 is 0 Å². The van der Waals surface area contributed by atoms with E-state index in [2.05, 4.69) is 16.0 Å². The van der Waals surface area contributed by atoms with Gasteiger partial charge in [-0.05, 0) is 54.0 Å². The largest absolute Gasteiger partial charge is 0.359 e. The molecule has 2 rings (SSSR count). The van der Waals surface area contributed by atoms with Gasteiger partial charge >= 0.3 is 0 Å². The summed E-state index contributed by atoms with van der Waals surface area (Å²) in [4.78, 5) is 23.2. The molecule has 0 aliphatic carbocycles. The summed E-state index contributed by atoms with van der Waals surface area (Å²) in [5.41, 5.74) is 2.54. The molecule has 0 aliphatic heterocycles. The number of benzene rings is 2. The van der Waals surface area contributed by atoms with Crippen LogP contribution in [-0.4, -0.2) is 24.0 Å². The minimum absolute atomic E-state index is 0.00550. The molecule has 0 saturated heterocycles. The average molecular weight is 402 g/mol. The number of amides is 2. The zero-order valence-electron chi connectivity index (χ0n) is 14.8. The fourth-order valence-electron chi connectivity index (χ4n) is 2.23. The summed E-state index contributed by atoms with van der Waals surface area (Å²) in [5, 5.41) is 8.88. The molecule has 0 radical (unpaired) electrons. The fraction of sp³-hybridized carbons (Fsp3) is 0.150. The predicted molar refractivity (Wildman–Crippen MR) is 114 cm³/mol. The van der Waals surface area contributed by atoms with Crippen molar-refractivity contribution in [2.45, 2.75) is 12.8 Å². The molecule has 27 heavy (non-hydrogen) atoms. The van der Waals surface area contributed by atoms with Gasteiger partial charge in [-0.2, -0.15) is 0 Å². The Morgan fingerprint density at radius 1 is 1.11 bits per heavy atom. The fourth-order valence-corrected chi connectivity index (χ4v) is 2.65. The number of carbonyl (C=O) groups excluding carboxylic acids is 2. The van der Waals surface area contributed by atoms with E-state index in [9.17, 15) is 9.59 Å².